The van der Waals surface area contributed by atoms with Crippen molar-refractivity contribution in [1.29, 1.82) is 0 Å². The maximum atomic E-state index is 13.3. The summed E-state index contributed by atoms with van der Waals surface area (Å²) in [5, 5.41) is 58.4. The second-order valence-corrected chi connectivity index (χ2v) is 36.1. The van der Waals surface area contributed by atoms with Crippen LogP contribution in [0.15, 0.2) is 170 Å². The van der Waals surface area contributed by atoms with Crippen LogP contribution in [0.5, 0.6) is 0 Å². The standard InChI is InChI=1S/C27H25Cl2N5O2.C27H25Cl2N5O.C26H26Cl2N4O2.C25H24Cl2N4O2/c1-30-14-4-3-7-19-8-10-20(11-9-19)26-22(18-35)25(27(36)32-33-15-5-2-6-16-33)31-34(26)24-13-12-21(28)17-23(24)29;1-19-25(27(35)32-33-16-6-3-7-17-33)31-34(24-14-13-22(28)18-23(24)29)26(19)21-11-9-20(10-12-21)8-4-5-15-30-2;1-18-24(26(34)30-31-14-4-2-5-15-31)29-32(23-13-12-21(27)17-22(23)28)25(18)20-10-8-19(9-11-20)7-3-6-16-33;1-17-23(25(33)29-30-13-3-2-4-14-30)28-31(22-12-11-20(26)16-21(22)27)24(17)19-9-7-18(8-10-19)6-5-15-32/h8-13,17,35H,2,4-6,14-16,18H2,(H,32,36);9-14,18H,3,5-7,15-17H2,1H3,(H,32,35);8-13,17,33H,2,4-6,14-16H2,1H3,(H,30,34);7-12,16,32H,2-4,13-15H2,1H3,(H,29,33). The molecule has 4 fully saturated rings. The smallest absolute Gasteiger partial charge is 0.286 e. The summed E-state index contributed by atoms with van der Waals surface area (Å²) >= 11 is 50.5. The van der Waals surface area contributed by atoms with E-state index < -0.39 is 0 Å². The largest absolute Gasteiger partial charge is 0.395 e. The summed E-state index contributed by atoms with van der Waals surface area (Å²) in [4.78, 5) is 59.4. The molecule has 0 saturated carbocycles. The zero-order valence-corrected chi connectivity index (χ0v) is 82.3. The number of benzene rings is 8. The van der Waals surface area contributed by atoms with Crippen LogP contribution in [-0.4, -0.2) is 177 Å². The third kappa shape index (κ3) is 27.0. The monoisotopic (exact) mass is 2000 g/mol. The number of aromatic nitrogens is 8. The van der Waals surface area contributed by atoms with Crippen LogP contribution in [-0.2, 0) is 6.61 Å². The third-order valence-corrected chi connectivity index (χ3v) is 25.1. The lowest BCUT2D eigenvalue weighted by molar-refractivity contribution is 0.0735. The van der Waals surface area contributed by atoms with Gasteiger partial charge >= 0.3 is 0 Å². The fourth-order valence-electron chi connectivity index (χ4n) is 16.1. The van der Waals surface area contributed by atoms with Gasteiger partial charge in [0, 0.05) is 146 Å². The second-order valence-electron chi connectivity index (χ2n) is 32.7. The van der Waals surface area contributed by atoms with Crippen molar-refractivity contribution in [3.63, 3.8) is 0 Å². The molecule has 0 spiro atoms. The minimum Gasteiger partial charge on any atom is -0.395 e. The molecule has 12 aromatic rings. The minimum atomic E-state index is -0.387. The lowest BCUT2D eigenvalue weighted by Crippen LogP contribution is -2.45. The van der Waals surface area contributed by atoms with Crippen molar-refractivity contribution in [3.8, 4) is 115 Å². The number of hydrogen-bond donors (Lipinski definition) is 7. The van der Waals surface area contributed by atoms with Gasteiger partial charge in [0.25, 0.3) is 23.6 Å². The maximum absolute atomic E-state index is 13.3. The van der Waals surface area contributed by atoms with E-state index >= 15 is 0 Å². The lowest BCUT2D eigenvalue weighted by atomic mass is 10.0. The van der Waals surface area contributed by atoms with Gasteiger partial charge in [0.2, 0.25) is 13.1 Å². The highest BCUT2D eigenvalue weighted by atomic mass is 35.5. The quantitative estimate of drug-likeness (QED) is 0.0212. The molecule has 708 valence electrons. The van der Waals surface area contributed by atoms with Crippen molar-refractivity contribution in [2.24, 2.45) is 0 Å². The Kier molecular flexibility index (Phi) is 38.0. The molecule has 4 amide bonds. The highest BCUT2D eigenvalue weighted by Crippen LogP contribution is 2.40. The van der Waals surface area contributed by atoms with E-state index in [4.69, 9.17) is 126 Å². The molecule has 4 saturated heterocycles. The van der Waals surface area contributed by atoms with E-state index in [0.29, 0.717) is 124 Å². The van der Waals surface area contributed by atoms with Crippen molar-refractivity contribution >= 4 is 116 Å². The number of rotatable bonds is 20. The molecule has 0 bridgehead atoms. The van der Waals surface area contributed by atoms with Crippen LogP contribution in [0.3, 0.4) is 0 Å². The van der Waals surface area contributed by atoms with Crippen LogP contribution in [0.4, 0.5) is 0 Å². The number of piperidine rings is 4. The molecule has 8 aromatic carbocycles. The molecule has 0 unspecified atom stereocenters. The molecule has 16 rings (SSSR count). The number of hydrogen-bond acceptors (Lipinski definition) is 15. The Balaban J connectivity index is 0.000000155. The van der Waals surface area contributed by atoms with Gasteiger partial charge < -0.3 is 25.0 Å². The van der Waals surface area contributed by atoms with Crippen LogP contribution in [0.2, 0.25) is 40.2 Å². The van der Waals surface area contributed by atoms with Crippen molar-refractivity contribution in [2.45, 2.75) is 124 Å². The number of aliphatic hydroxyl groups is 3. The van der Waals surface area contributed by atoms with Crippen molar-refractivity contribution in [1.82, 2.24) is 80.9 Å². The number of nitrogens with one attached hydrogen (secondary N) is 4. The summed E-state index contributed by atoms with van der Waals surface area (Å²) in [5.41, 5.74) is 27.6. The summed E-state index contributed by atoms with van der Waals surface area (Å²) in [7, 11) is 0. The van der Waals surface area contributed by atoms with Gasteiger partial charge in [0.05, 0.1) is 91.7 Å². The average molecular weight is 2010 g/mol. The Morgan fingerprint density at radius 1 is 0.333 bits per heavy atom. The van der Waals surface area contributed by atoms with Crippen molar-refractivity contribution < 1.29 is 34.5 Å². The topological polar surface area (TPSA) is 270 Å². The highest BCUT2D eigenvalue weighted by Gasteiger charge is 2.32. The Bertz CT molecular complexity index is 6730. The first-order valence-electron chi connectivity index (χ1n) is 45.3. The molecule has 7 N–H and O–H groups in total. The summed E-state index contributed by atoms with van der Waals surface area (Å²) in [6.45, 7) is 26.1. The van der Waals surface area contributed by atoms with Crippen molar-refractivity contribution in [2.75, 3.05) is 78.7 Å². The van der Waals surface area contributed by atoms with E-state index in [1.54, 1.807) is 91.5 Å². The Morgan fingerprint density at radius 2 is 0.580 bits per heavy atom. The number of carbonyl (C=O) groups is 4. The molecule has 0 radical (unpaired) electrons. The first-order valence-corrected chi connectivity index (χ1v) is 48.3. The molecule has 4 aliphatic rings. The predicted molar refractivity (Wildman–Crippen MR) is 546 cm³/mol. The highest BCUT2D eigenvalue weighted by molar-refractivity contribution is 6.37. The SMILES string of the molecule is Cc1c(C(=O)NN2CCCCC2)nn(-c2ccc(Cl)cc2Cl)c1-c1ccc(C#CCCO)cc1.Cc1c(C(=O)NN2CCCCC2)nn(-c2ccc(Cl)cc2Cl)c1-c1ccc(C#CCO)cc1.[C-]#[N+]CCC#Cc1ccc(-c2c(C)c(C(=O)NN3CCCCC3)nn2-c2ccc(Cl)cc2Cl)cc1.[C-]#[N+]CCC#Cc1ccc(-c2c(CO)c(C(=O)NN3CCCCC3)nn2-c2ccc(Cl)cc2Cl)cc1. The fourth-order valence-corrected chi connectivity index (χ4v) is 18.1. The number of carbonyl (C=O) groups excluding carboxylic acids is 4. The molecule has 25 nitrogen and oxygen atoms in total. The van der Waals surface area contributed by atoms with Gasteiger partial charge in [-0.1, -0.05) is 214 Å². The van der Waals surface area contributed by atoms with E-state index in [0.717, 1.165) is 188 Å². The van der Waals surface area contributed by atoms with Gasteiger partial charge in [0.15, 0.2) is 22.8 Å². The van der Waals surface area contributed by atoms with Gasteiger partial charge in [0.1, 0.15) is 6.61 Å². The predicted octanol–water partition coefficient (Wildman–Crippen LogP) is 20.7. The van der Waals surface area contributed by atoms with E-state index in [1.165, 1.54) is 19.3 Å². The second kappa shape index (κ2) is 50.9. The molecule has 4 aromatic heterocycles. The molecule has 33 heteroatoms. The molecule has 0 aliphatic carbocycles. The van der Waals surface area contributed by atoms with Gasteiger partial charge in [-0.3, -0.25) is 40.9 Å². The van der Waals surface area contributed by atoms with Crippen LogP contribution in [0.1, 0.15) is 183 Å². The summed E-state index contributed by atoms with van der Waals surface area (Å²) in [6.07, 6.45) is 14.6. The zero-order valence-electron chi connectivity index (χ0n) is 76.2. The van der Waals surface area contributed by atoms with E-state index in [9.17, 15) is 24.3 Å². The number of amides is 4. The third-order valence-electron chi connectivity index (χ3n) is 23.0. The van der Waals surface area contributed by atoms with Crippen LogP contribution in [0, 0.1) is 81.3 Å². The first kappa shape index (κ1) is 103. The van der Waals surface area contributed by atoms with Gasteiger partial charge in [-0.25, -0.2) is 51.9 Å². The summed E-state index contributed by atoms with van der Waals surface area (Å²) in [6, 6.07) is 51.1. The molecule has 8 heterocycles. The Labute approximate surface area is 843 Å². The molecule has 0 atom stereocenters. The molecular formula is C105H100Cl8N18O7. The fraction of sp³-hybridized carbons (Fsp3) is 0.295. The molecular weight excluding hydrogens is 1910 g/mol. The number of aliphatic hydroxyl groups excluding tert-OH is 3. The zero-order chi connectivity index (χ0) is 97.7. The Hall–Kier alpha value is -12.3. The number of halogens is 8. The Morgan fingerprint density at radius 3 is 0.833 bits per heavy atom. The van der Waals surface area contributed by atoms with Crippen molar-refractivity contribution in [3.05, 3.63) is 300 Å². The van der Waals surface area contributed by atoms with E-state index in [2.05, 4.69) is 89.0 Å². The average Bonchev–Trinajstić information content (AvgIpc) is 1.59. The van der Waals surface area contributed by atoms with Gasteiger partial charge in [-0.15, -0.1) is 0 Å². The lowest BCUT2D eigenvalue weighted by Gasteiger charge is -2.26. The van der Waals surface area contributed by atoms with Crippen LogP contribution >= 0.6 is 92.8 Å². The van der Waals surface area contributed by atoms with Crippen LogP contribution in [0.25, 0.3) is 77.5 Å². The van der Waals surface area contributed by atoms with E-state index in [1.807, 2.05) is 138 Å². The van der Waals surface area contributed by atoms with Gasteiger partial charge in [-0.2, -0.15) is 20.4 Å². The summed E-state index contributed by atoms with van der Waals surface area (Å²) in [5.74, 6) is 22.5. The van der Waals surface area contributed by atoms with E-state index in [-0.39, 0.29) is 49.1 Å². The summed E-state index contributed by atoms with van der Waals surface area (Å²) < 4.78 is 6.67. The first-order chi connectivity index (χ1) is 66.9. The maximum Gasteiger partial charge on any atom is 0.286 e. The molecule has 138 heavy (non-hydrogen) atoms. The number of nitrogens with zero attached hydrogens (tertiary/aromatic N) is 14. The van der Waals surface area contributed by atoms with Gasteiger partial charge in [-0.05, 0) is 193 Å². The minimum absolute atomic E-state index is 0.0353. The van der Waals surface area contributed by atoms with Crippen LogP contribution < -0.4 is 21.7 Å². The normalized spacial score (nSPS) is 13.7. The number of hydrazine groups is 4. The molecule has 4 aliphatic heterocycles.